The van der Waals surface area contributed by atoms with E-state index in [0.29, 0.717) is 18.4 Å². The van der Waals surface area contributed by atoms with Crippen molar-refractivity contribution in [3.05, 3.63) is 42.0 Å². The second-order valence-corrected chi connectivity index (χ2v) is 4.17. The van der Waals surface area contributed by atoms with Gasteiger partial charge in [-0.15, -0.1) is 11.6 Å². The van der Waals surface area contributed by atoms with Crippen LogP contribution in [0.3, 0.4) is 0 Å². The molecule has 0 saturated heterocycles. The lowest BCUT2D eigenvalue weighted by Crippen LogP contribution is -2.01. The Balaban J connectivity index is 2.61. The fraction of sp³-hybridized carbons (Fsp3) is 0.385. The standard InChI is InChI=1S/C13H17ClO/c1-10(2)12-5-4-6-13(7-12)15-9-11(3)8-14/h4-7,10H,3,8-9H2,1-2H3. The van der Waals surface area contributed by atoms with Gasteiger partial charge in [-0.05, 0) is 29.2 Å². The molecule has 0 radical (unpaired) electrons. The molecule has 0 aliphatic carbocycles. The largest absolute Gasteiger partial charge is 0.489 e. The van der Waals surface area contributed by atoms with E-state index in [1.54, 1.807) is 0 Å². The van der Waals surface area contributed by atoms with Gasteiger partial charge in [0.05, 0.1) is 0 Å². The van der Waals surface area contributed by atoms with Gasteiger partial charge >= 0.3 is 0 Å². The average Bonchev–Trinajstić information content (AvgIpc) is 2.26. The molecule has 1 aromatic rings. The lowest BCUT2D eigenvalue weighted by atomic mass is 10.0. The normalized spacial score (nSPS) is 10.4. The highest BCUT2D eigenvalue weighted by Gasteiger charge is 2.01. The Kier molecular flexibility index (Phi) is 4.70. The summed E-state index contributed by atoms with van der Waals surface area (Å²) in [5.74, 6) is 1.85. The summed E-state index contributed by atoms with van der Waals surface area (Å²) >= 11 is 5.62. The summed E-state index contributed by atoms with van der Waals surface area (Å²) in [5.41, 5.74) is 2.18. The van der Waals surface area contributed by atoms with E-state index in [9.17, 15) is 0 Å². The van der Waals surface area contributed by atoms with Crippen LogP contribution in [-0.2, 0) is 0 Å². The molecule has 2 heteroatoms. The van der Waals surface area contributed by atoms with Crippen molar-refractivity contribution in [2.45, 2.75) is 19.8 Å². The van der Waals surface area contributed by atoms with Crippen LogP contribution in [0.2, 0.25) is 0 Å². The fourth-order valence-electron chi connectivity index (χ4n) is 1.19. The molecule has 0 aliphatic rings. The summed E-state index contributed by atoms with van der Waals surface area (Å²) in [6.07, 6.45) is 0. The van der Waals surface area contributed by atoms with Crippen molar-refractivity contribution in [3.8, 4) is 5.75 Å². The van der Waals surface area contributed by atoms with Crippen LogP contribution in [-0.4, -0.2) is 12.5 Å². The van der Waals surface area contributed by atoms with Crippen LogP contribution >= 0.6 is 11.6 Å². The Morgan fingerprint density at radius 3 is 2.80 bits per heavy atom. The molecule has 0 heterocycles. The van der Waals surface area contributed by atoms with Crippen LogP contribution in [0.25, 0.3) is 0 Å². The van der Waals surface area contributed by atoms with Crippen molar-refractivity contribution >= 4 is 11.6 Å². The van der Waals surface area contributed by atoms with Crippen LogP contribution in [0, 0.1) is 0 Å². The summed E-state index contributed by atoms with van der Waals surface area (Å²) < 4.78 is 5.57. The number of benzene rings is 1. The molecule has 0 aromatic heterocycles. The molecule has 0 spiro atoms. The number of hydrogen-bond acceptors (Lipinski definition) is 1. The molecule has 1 nitrogen and oxygen atoms in total. The molecular weight excluding hydrogens is 208 g/mol. The van der Waals surface area contributed by atoms with Crippen molar-refractivity contribution in [3.63, 3.8) is 0 Å². The predicted molar refractivity (Wildman–Crippen MR) is 65.9 cm³/mol. The molecule has 0 aliphatic heterocycles. The third kappa shape index (κ3) is 3.96. The van der Waals surface area contributed by atoms with E-state index in [4.69, 9.17) is 16.3 Å². The monoisotopic (exact) mass is 224 g/mol. The molecule has 0 saturated carbocycles. The van der Waals surface area contributed by atoms with Crippen molar-refractivity contribution < 1.29 is 4.74 Å². The van der Waals surface area contributed by atoms with Crippen LogP contribution in [0.4, 0.5) is 0 Å². The molecule has 82 valence electrons. The topological polar surface area (TPSA) is 9.23 Å². The number of hydrogen-bond donors (Lipinski definition) is 0. The molecule has 1 rings (SSSR count). The number of ether oxygens (including phenoxy) is 1. The Morgan fingerprint density at radius 2 is 2.20 bits per heavy atom. The van der Waals surface area contributed by atoms with Gasteiger partial charge in [-0.25, -0.2) is 0 Å². The quantitative estimate of drug-likeness (QED) is 0.543. The minimum Gasteiger partial charge on any atom is -0.489 e. The summed E-state index contributed by atoms with van der Waals surface area (Å²) in [7, 11) is 0. The lowest BCUT2D eigenvalue weighted by Gasteiger charge is -2.10. The first-order valence-corrected chi connectivity index (χ1v) is 5.62. The highest BCUT2D eigenvalue weighted by molar-refractivity contribution is 6.19. The van der Waals surface area contributed by atoms with E-state index in [1.807, 2.05) is 12.1 Å². The van der Waals surface area contributed by atoms with Crippen LogP contribution in [0.5, 0.6) is 5.75 Å². The first kappa shape index (κ1) is 12.1. The van der Waals surface area contributed by atoms with Crippen LogP contribution < -0.4 is 4.74 Å². The van der Waals surface area contributed by atoms with E-state index in [2.05, 4.69) is 32.6 Å². The van der Waals surface area contributed by atoms with Gasteiger partial charge < -0.3 is 4.74 Å². The highest BCUT2D eigenvalue weighted by atomic mass is 35.5. The Labute approximate surface area is 96.7 Å². The third-order valence-electron chi connectivity index (χ3n) is 2.16. The molecule has 1 aromatic carbocycles. The van der Waals surface area contributed by atoms with Gasteiger partial charge in [-0.2, -0.15) is 0 Å². The zero-order chi connectivity index (χ0) is 11.3. The predicted octanol–water partition coefficient (Wildman–Crippen LogP) is 3.98. The average molecular weight is 225 g/mol. The van der Waals surface area contributed by atoms with Crippen LogP contribution in [0.1, 0.15) is 25.3 Å². The van der Waals surface area contributed by atoms with E-state index in [-0.39, 0.29) is 0 Å². The van der Waals surface area contributed by atoms with Gasteiger partial charge in [0.2, 0.25) is 0 Å². The maximum atomic E-state index is 5.62. The maximum absolute atomic E-state index is 5.62. The van der Waals surface area contributed by atoms with Crippen molar-refractivity contribution in [2.75, 3.05) is 12.5 Å². The van der Waals surface area contributed by atoms with E-state index < -0.39 is 0 Å². The number of halogens is 1. The smallest absolute Gasteiger partial charge is 0.120 e. The highest BCUT2D eigenvalue weighted by Crippen LogP contribution is 2.20. The minimum atomic E-state index is 0.448. The van der Waals surface area contributed by atoms with Crippen molar-refractivity contribution in [1.82, 2.24) is 0 Å². The van der Waals surface area contributed by atoms with E-state index in [1.165, 1.54) is 5.56 Å². The van der Waals surface area contributed by atoms with Crippen molar-refractivity contribution in [2.24, 2.45) is 0 Å². The summed E-state index contributed by atoms with van der Waals surface area (Å²) in [5, 5.41) is 0. The van der Waals surface area contributed by atoms with Gasteiger partial charge in [-0.1, -0.05) is 32.6 Å². The molecule has 0 N–H and O–H groups in total. The lowest BCUT2D eigenvalue weighted by molar-refractivity contribution is 0.352. The number of alkyl halides is 1. The molecule has 0 atom stereocenters. The molecule has 0 unspecified atom stereocenters. The Hall–Kier alpha value is -0.950. The molecule has 0 fully saturated rings. The van der Waals surface area contributed by atoms with Gasteiger partial charge in [0.25, 0.3) is 0 Å². The van der Waals surface area contributed by atoms with Crippen LogP contribution in [0.15, 0.2) is 36.4 Å². The zero-order valence-electron chi connectivity index (χ0n) is 9.29. The van der Waals surface area contributed by atoms with E-state index >= 15 is 0 Å². The Morgan fingerprint density at radius 1 is 1.47 bits per heavy atom. The fourth-order valence-corrected chi connectivity index (χ4v) is 1.26. The van der Waals surface area contributed by atoms with Gasteiger partial charge in [-0.3, -0.25) is 0 Å². The maximum Gasteiger partial charge on any atom is 0.120 e. The number of rotatable bonds is 5. The summed E-state index contributed by atoms with van der Waals surface area (Å²) in [4.78, 5) is 0. The van der Waals surface area contributed by atoms with Crippen molar-refractivity contribution in [1.29, 1.82) is 0 Å². The molecule has 15 heavy (non-hydrogen) atoms. The minimum absolute atomic E-state index is 0.448. The van der Waals surface area contributed by atoms with Gasteiger partial charge in [0.1, 0.15) is 12.4 Å². The molecular formula is C13H17ClO. The van der Waals surface area contributed by atoms with Gasteiger partial charge in [0.15, 0.2) is 0 Å². The second kappa shape index (κ2) is 5.82. The molecule has 0 bridgehead atoms. The summed E-state index contributed by atoms with van der Waals surface area (Å²) in [6.45, 7) is 8.61. The van der Waals surface area contributed by atoms with Gasteiger partial charge in [0, 0.05) is 5.88 Å². The summed E-state index contributed by atoms with van der Waals surface area (Å²) in [6, 6.07) is 8.13. The zero-order valence-corrected chi connectivity index (χ0v) is 10.1. The molecule has 0 amide bonds. The third-order valence-corrected chi connectivity index (χ3v) is 2.53. The first-order valence-electron chi connectivity index (χ1n) is 5.09. The SMILES string of the molecule is C=C(CCl)COc1cccc(C(C)C)c1. The first-order chi connectivity index (χ1) is 7.13. The second-order valence-electron chi connectivity index (χ2n) is 3.90. The van der Waals surface area contributed by atoms with E-state index in [0.717, 1.165) is 11.3 Å². The Bertz CT molecular complexity index is 331.